The van der Waals surface area contributed by atoms with Crippen molar-refractivity contribution in [1.82, 2.24) is 20.9 Å². The van der Waals surface area contributed by atoms with E-state index in [2.05, 4.69) is 50.6 Å². The molecule has 13 heteroatoms. The first-order valence-electron chi connectivity index (χ1n) is 18.7. The third-order valence-electron chi connectivity index (χ3n) is 8.18. The van der Waals surface area contributed by atoms with Crippen molar-refractivity contribution < 1.29 is 32.6 Å². The fourth-order valence-corrected chi connectivity index (χ4v) is 6.40. The summed E-state index contributed by atoms with van der Waals surface area (Å²) in [6, 6.07) is -0.381. The van der Waals surface area contributed by atoms with Gasteiger partial charge in [0.05, 0.1) is 18.1 Å². The lowest BCUT2D eigenvalue weighted by atomic mass is 9.85. The van der Waals surface area contributed by atoms with Gasteiger partial charge in [-0.1, -0.05) is 102 Å². The average molecular weight is 740 g/mol. The number of rotatable bonds is 17. The van der Waals surface area contributed by atoms with Crippen molar-refractivity contribution in [2.45, 2.75) is 157 Å². The van der Waals surface area contributed by atoms with Crippen molar-refractivity contribution in [3.63, 3.8) is 0 Å². The van der Waals surface area contributed by atoms with Gasteiger partial charge in [0.2, 0.25) is 17.6 Å². The standard InChI is InChI=1S/C30H49N5O7S.2C4H10/c1-7-11-20(17-43(41)18-21-12-10-15-42-21)32-29(40)34-25(30(4,5)6)28(39)35-14-9-13-23(35)27(38)33-22(16-19(3)8-2)24(36)26(31)37;1-4(2)3;1-3-4-2/h10,12,15,19-20,22-23,25H,7-9,11,13-14,16-18H2,1-6H3,(H2,31,37)(H,33,38)(H2,32,34,40);4H,1-3H3;3-4H2,1-2H3/t19?,20?,22?,23-,25?,43?;;/m0../s1. The second kappa shape index (κ2) is 24.9. The van der Waals surface area contributed by atoms with Crippen LogP contribution in [0, 0.1) is 17.3 Å². The molecule has 12 nitrogen and oxygen atoms in total. The van der Waals surface area contributed by atoms with Crippen molar-refractivity contribution in [3.05, 3.63) is 24.2 Å². The number of hydrogen-bond acceptors (Lipinski definition) is 7. The molecule has 5 unspecified atom stereocenters. The molecule has 6 atom stereocenters. The second-order valence-electron chi connectivity index (χ2n) is 15.2. The van der Waals surface area contributed by atoms with Crippen molar-refractivity contribution in [1.29, 1.82) is 0 Å². The highest BCUT2D eigenvalue weighted by molar-refractivity contribution is 7.84. The van der Waals surface area contributed by atoms with Gasteiger partial charge in [-0.25, -0.2) is 4.79 Å². The van der Waals surface area contributed by atoms with Crippen LogP contribution in [-0.4, -0.2) is 75.1 Å². The van der Waals surface area contributed by atoms with Gasteiger partial charge < -0.3 is 31.0 Å². The number of urea groups is 1. The van der Waals surface area contributed by atoms with Crippen LogP contribution in [0.25, 0.3) is 0 Å². The number of carbonyl (C=O) groups excluding carboxylic acids is 5. The topological polar surface area (TPSA) is 181 Å². The summed E-state index contributed by atoms with van der Waals surface area (Å²) in [5, 5.41) is 8.35. The van der Waals surface area contributed by atoms with Gasteiger partial charge in [-0.2, -0.15) is 0 Å². The van der Waals surface area contributed by atoms with E-state index < -0.39 is 63.9 Å². The maximum absolute atomic E-state index is 13.9. The van der Waals surface area contributed by atoms with Gasteiger partial charge in [0.15, 0.2) is 0 Å². The van der Waals surface area contributed by atoms with Gasteiger partial charge in [0, 0.05) is 29.1 Å². The van der Waals surface area contributed by atoms with E-state index in [4.69, 9.17) is 10.2 Å². The molecule has 5 amide bonds. The highest BCUT2D eigenvalue weighted by atomic mass is 32.2. The van der Waals surface area contributed by atoms with Crippen LogP contribution in [0.2, 0.25) is 0 Å². The Hall–Kier alpha value is -3.22. The monoisotopic (exact) mass is 739 g/mol. The van der Waals surface area contributed by atoms with E-state index in [1.54, 1.807) is 12.1 Å². The zero-order chi connectivity index (χ0) is 39.3. The van der Waals surface area contributed by atoms with Crippen LogP contribution >= 0.6 is 0 Å². The molecule has 1 aromatic rings. The molecule has 5 N–H and O–H groups in total. The molecule has 1 aliphatic rings. The Balaban J connectivity index is 0.00000281. The normalized spacial score (nSPS) is 17.0. The van der Waals surface area contributed by atoms with Crippen molar-refractivity contribution in [3.8, 4) is 0 Å². The van der Waals surface area contributed by atoms with E-state index in [1.165, 1.54) is 24.0 Å². The minimum absolute atomic E-state index is 0.0574. The molecule has 0 radical (unpaired) electrons. The van der Waals surface area contributed by atoms with Crippen LogP contribution < -0.4 is 21.7 Å². The zero-order valence-electron chi connectivity index (χ0n) is 33.3. The first-order valence-corrected chi connectivity index (χ1v) is 20.2. The van der Waals surface area contributed by atoms with Gasteiger partial charge in [-0.05, 0) is 55.1 Å². The number of nitrogens with zero attached hydrogens (tertiary/aromatic N) is 1. The summed E-state index contributed by atoms with van der Waals surface area (Å²) in [6.45, 7) is 22.4. The summed E-state index contributed by atoms with van der Waals surface area (Å²) in [6.07, 6.45) is 7.45. The summed E-state index contributed by atoms with van der Waals surface area (Å²) >= 11 is 0. The average Bonchev–Trinajstić information content (AvgIpc) is 3.74. The number of nitrogens with one attached hydrogen (secondary N) is 3. The smallest absolute Gasteiger partial charge is 0.315 e. The maximum atomic E-state index is 13.9. The van der Waals surface area contributed by atoms with E-state index in [9.17, 15) is 28.2 Å². The molecule has 1 saturated heterocycles. The zero-order valence-corrected chi connectivity index (χ0v) is 34.1. The minimum Gasteiger partial charge on any atom is -0.468 e. The number of primary amides is 1. The Morgan fingerprint density at radius 2 is 1.59 bits per heavy atom. The number of hydrogen-bond donors (Lipinski definition) is 4. The Labute approximate surface area is 310 Å². The summed E-state index contributed by atoms with van der Waals surface area (Å²) in [5.41, 5.74) is 4.52. The number of carbonyl (C=O) groups is 5. The number of unbranched alkanes of at least 4 members (excludes halogenated alkanes) is 1. The van der Waals surface area contributed by atoms with Gasteiger partial charge in [0.25, 0.3) is 5.91 Å². The maximum Gasteiger partial charge on any atom is 0.315 e. The molecule has 0 spiro atoms. The lowest BCUT2D eigenvalue weighted by Gasteiger charge is -2.36. The van der Waals surface area contributed by atoms with Crippen LogP contribution in [0.4, 0.5) is 4.79 Å². The number of Topliss-reactive ketones (excluding diaryl/α,β-unsaturated/α-hetero) is 1. The molecule has 51 heavy (non-hydrogen) atoms. The molecule has 0 aromatic carbocycles. The lowest BCUT2D eigenvalue weighted by molar-refractivity contribution is -0.143. The van der Waals surface area contributed by atoms with E-state index in [0.717, 1.165) is 18.8 Å². The summed E-state index contributed by atoms with van der Waals surface area (Å²) in [5.74, 6) is -0.994. The van der Waals surface area contributed by atoms with Gasteiger partial charge in [-0.15, -0.1) is 0 Å². The Kier molecular flexibility index (Phi) is 23.3. The summed E-state index contributed by atoms with van der Waals surface area (Å²) < 4.78 is 18.0. The number of furan rings is 1. The van der Waals surface area contributed by atoms with E-state index in [0.29, 0.717) is 31.6 Å². The largest absolute Gasteiger partial charge is 0.468 e. The Morgan fingerprint density at radius 1 is 0.980 bits per heavy atom. The quantitative estimate of drug-likeness (QED) is 0.145. The van der Waals surface area contributed by atoms with E-state index in [1.807, 2.05) is 41.5 Å². The second-order valence-corrected chi connectivity index (χ2v) is 16.7. The van der Waals surface area contributed by atoms with Gasteiger partial charge in [0.1, 0.15) is 17.8 Å². The lowest BCUT2D eigenvalue weighted by Crippen LogP contribution is -2.60. The molecule has 0 aliphatic carbocycles. The summed E-state index contributed by atoms with van der Waals surface area (Å²) in [4.78, 5) is 65.9. The molecule has 294 valence electrons. The molecule has 1 aromatic heterocycles. The van der Waals surface area contributed by atoms with Gasteiger partial charge >= 0.3 is 6.03 Å². The van der Waals surface area contributed by atoms with E-state index >= 15 is 0 Å². The SMILES string of the molecule is CC(C)C.CCCC.CCCC(CS(=O)Cc1ccco1)NC(=O)NC(C(=O)N1CCC[C@H]1C(=O)NC(CC(C)CC)C(=O)C(N)=O)C(C)(C)C. The first-order chi connectivity index (χ1) is 23.8. The highest BCUT2D eigenvalue weighted by Gasteiger charge is 2.43. The van der Waals surface area contributed by atoms with Crippen LogP contribution in [0.15, 0.2) is 22.8 Å². The number of ketones is 1. The fraction of sp³-hybridized carbons (Fsp3) is 0.763. The van der Waals surface area contributed by atoms with Crippen molar-refractivity contribution in [2.75, 3.05) is 12.3 Å². The third-order valence-corrected chi connectivity index (χ3v) is 9.56. The number of nitrogens with two attached hydrogens (primary N) is 1. The first kappa shape index (κ1) is 47.8. The molecule has 0 bridgehead atoms. The molecule has 1 fully saturated rings. The molecular formula is C38H69N5O7S. The van der Waals surface area contributed by atoms with Crippen LogP contribution in [-0.2, 0) is 35.7 Å². The predicted octanol–water partition coefficient (Wildman–Crippen LogP) is 5.85. The molecule has 1 aliphatic heterocycles. The molecular weight excluding hydrogens is 671 g/mol. The molecule has 2 rings (SSSR count). The molecule has 2 heterocycles. The van der Waals surface area contributed by atoms with Crippen molar-refractivity contribution >= 4 is 40.3 Å². The van der Waals surface area contributed by atoms with Crippen LogP contribution in [0.1, 0.15) is 133 Å². The van der Waals surface area contributed by atoms with Crippen molar-refractivity contribution in [2.24, 2.45) is 23.0 Å². The number of likely N-dealkylation sites (tertiary alicyclic amines) is 1. The Bertz CT molecular complexity index is 1210. The van der Waals surface area contributed by atoms with Gasteiger partial charge in [-0.3, -0.25) is 23.4 Å². The fourth-order valence-electron chi connectivity index (χ4n) is 5.10. The highest BCUT2D eigenvalue weighted by Crippen LogP contribution is 2.26. The third kappa shape index (κ3) is 19.3. The Morgan fingerprint density at radius 3 is 2.06 bits per heavy atom. The minimum atomic E-state index is -1.27. The van der Waals surface area contributed by atoms with Crippen LogP contribution in [0.3, 0.4) is 0 Å². The summed E-state index contributed by atoms with van der Waals surface area (Å²) in [7, 11) is -1.27. The predicted molar refractivity (Wildman–Crippen MR) is 205 cm³/mol. The van der Waals surface area contributed by atoms with E-state index in [-0.39, 0.29) is 29.9 Å². The molecule has 0 saturated carbocycles. The van der Waals surface area contributed by atoms with Crippen LogP contribution in [0.5, 0.6) is 0 Å². The number of amides is 5.